The monoisotopic (exact) mass is 237 g/mol. The third-order valence-electron chi connectivity index (χ3n) is 2.91. The number of nitrogen functional groups attached to an aromatic ring is 1. The Kier molecular flexibility index (Phi) is 4.45. The molecular formula is C12H19N3O2. The van der Waals surface area contributed by atoms with E-state index >= 15 is 0 Å². The molecule has 0 aliphatic carbocycles. The smallest absolute Gasteiger partial charge is 0.272 e. The lowest BCUT2D eigenvalue weighted by Gasteiger charge is -2.28. The first-order valence-electron chi connectivity index (χ1n) is 5.66. The van der Waals surface area contributed by atoms with Crippen molar-refractivity contribution in [3.63, 3.8) is 0 Å². The number of aliphatic hydroxyl groups excluding tert-OH is 1. The van der Waals surface area contributed by atoms with E-state index in [4.69, 9.17) is 10.8 Å². The molecule has 1 aromatic rings. The van der Waals surface area contributed by atoms with Gasteiger partial charge in [-0.15, -0.1) is 0 Å². The summed E-state index contributed by atoms with van der Waals surface area (Å²) in [6, 6.07) is 3.32. The Morgan fingerprint density at radius 2 is 2.35 bits per heavy atom. The number of rotatable bonds is 5. The van der Waals surface area contributed by atoms with Gasteiger partial charge in [-0.25, -0.2) is 4.98 Å². The van der Waals surface area contributed by atoms with E-state index in [0.29, 0.717) is 12.1 Å². The first-order valence-corrected chi connectivity index (χ1v) is 5.66. The summed E-state index contributed by atoms with van der Waals surface area (Å²) in [5, 5.41) is 11.8. The van der Waals surface area contributed by atoms with Gasteiger partial charge in [-0.05, 0) is 31.9 Å². The maximum Gasteiger partial charge on any atom is 0.272 e. The number of hydrogen-bond donors (Lipinski definition) is 3. The molecular weight excluding hydrogens is 218 g/mol. The van der Waals surface area contributed by atoms with Crippen LogP contribution in [0.15, 0.2) is 18.3 Å². The summed E-state index contributed by atoms with van der Waals surface area (Å²) in [6.45, 7) is 3.88. The quantitative estimate of drug-likeness (QED) is 0.711. The summed E-state index contributed by atoms with van der Waals surface area (Å²) >= 11 is 0. The minimum atomic E-state index is -0.435. The number of aliphatic hydroxyl groups is 1. The molecule has 0 saturated heterocycles. The summed E-state index contributed by atoms with van der Waals surface area (Å²) in [6.07, 6.45) is 2.76. The second-order valence-electron chi connectivity index (χ2n) is 4.28. The highest BCUT2D eigenvalue weighted by Gasteiger charge is 2.25. The molecule has 1 unspecified atom stereocenters. The number of anilines is 1. The molecule has 0 aliphatic heterocycles. The predicted molar refractivity (Wildman–Crippen MR) is 66.5 cm³/mol. The molecule has 0 saturated carbocycles. The predicted octanol–water partition coefficient (Wildman–Crippen LogP) is 0.945. The highest BCUT2D eigenvalue weighted by atomic mass is 16.3. The van der Waals surface area contributed by atoms with E-state index in [-0.39, 0.29) is 18.2 Å². The third kappa shape index (κ3) is 3.42. The van der Waals surface area contributed by atoms with E-state index in [2.05, 4.69) is 10.3 Å². The normalized spacial score (nSPS) is 14.1. The average Bonchev–Trinajstić information content (AvgIpc) is 2.29. The lowest BCUT2D eigenvalue weighted by molar-refractivity contribution is 0.0882. The van der Waals surface area contributed by atoms with Gasteiger partial charge in [-0.1, -0.05) is 6.92 Å². The van der Waals surface area contributed by atoms with Gasteiger partial charge in [0.2, 0.25) is 0 Å². The van der Waals surface area contributed by atoms with Crippen LogP contribution in [0.5, 0.6) is 0 Å². The maximum atomic E-state index is 12.0. The summed E-state index contributed by atoms with van der Waals surface area (Å²) in [5.74, 6) is -0.305. The van der Waals surface area contributed by atoms with Gasteiger partial charge in [-0.3, -0.25) is 4.79 Å². The molecule has 0 bridgehead atoms. The molecule has 0 fully saturated rings. The topological polar surface area (TPSA) is 88.2 Å². The van der Waals surface area contributed by atoms with E-state index in [1.807, 2.05) is 13.8 Å². The van der Waals surface area contributed by atoms with Crippen LogP contribution in [0.2, 0.25) is 0 Å². The van der Waals surface area contributed by atoms with E-state index in [9.17, 15) is 4.79 Å². The molecule has 4 N–H and O–H groups in total. The van der Waals surface area contributed by atoms with E-state index < -0.39 is 5.54 Å². The van der Waals surface area contributed by atoms with Crippen molar-refractivity contribution in [2.45, 2.75) is 32.2 Å². The summed E-state index contributed by atoms with van der Waals surface area (Å²) in [4.78, 5) is 15.9. The van der Waals surface area contributed by atoms with Crippen molar-refractivity contribution in [1.29, 1.82) is 0 Å². The zero-order valence-corrected chi connectivity index (χ0v) is 10.2. The zero-order chi connectivity index (χ0) is 12.9. The van der Waals surface area contributed by atoms with Gasteiger partial charge >= 0.3 is 0 Å². The molecule has 1 rings (SSSR count). The Hall–Kier alpha value is -1.62. The van der Waals surface area contributed by atoms with Gasteiger partial charge in [0, 0.05) is 18.3 Å². The molecule has 0 aromatic carbocycles. The largest absolute Gasteiger partial charge is 0.397 e. The number of aromatic nitrogens is 1. The van der Waals surface area contributed by atoms with Gasteiger partial charge in [0.25, 0.3) is 5.91 Å². The molecule has 0 aliphatic rings. The van der Waals surface area contributed by atoms with Crippen molar-refractivity contribution in [3.05, 3.63) is 24.0 Å². The molecule has 5 heteroatoms. The van der Waals surface area contributed by atoms with Gasteiger partial charge in [0.1, 0.15) is 0 Å². The Morgan fingerprint density at radius 1 is 1.65 bits per heavy atom. The van der Waals surface area contributed by atoms with Crippen LogP contribution in [-0.4, -0.2) is 28.1 Å². The van der Waals surface area contributed by atoms with Crippen LogP contribution in [0, 0.1) is 0 Å². The summed E-state index contributed by atoms with van der Waals surface area (Å²) in [7, 11) is 0. The molecule has 17 heavy (non-hydrogen) atoms. The molecule has 1 aromatic heterocycles. The van der Waals surface area contributed by atoms with E-state index in [1.165, 1.54) is 6.20 Å². The van der Waals surface area contributed by atoms with E-state index in [1.54, 1.807) is 12.1 Å². The first-order chi connectivity index (χ1) is 8.02. The van der Waals surface area contributed by atoms with Crippen molar-refractivity contribution in [3.8, 4) is 0 Å². The van der Waals surface area contributed by atoms with Gasteiger partial charge in [-0.2, -0.15) is 0 Å². The Morgan fingerprint density at radius 3 is 2.88 bits per heavy atom. The minimum Gasteiger partial charge on any atom is -0.397 e. The standard InChI is InChI=1S/C12H19N3O2/c1-3-12(2,6-8-16)15-11(17)10-9(13)5-4-7-14-10/h4-5,7,16H,3,6,8,13H2,1-2H3,(H,15,17). The molecule has 1 amide bonds. The molecule has 1 atom stereocenters. The molecule has 94 valence electrons. The Labute approximate surface area is 101 Å². The maximum absolute atomic E-state index is 12.0. The number of nitrogens with zero attached hydrogens (tertiary/aromatic N) is 1. The number of pyridine rings is 1. The zero-order valence-electron chi connectivity index (χ0n) is 10.2. The summed E-state index contributed by atoms with van der Waals surface area (Å²) < 4.78 is 0. The highest BCUT2D eigenvalue weighted by molar-refractivity contribution is 5.97. The number of hydrogen-bond acceptors (Lipinski definition) is 4. The first kappa shape index (κ1) is 13.4. The third-order valence-corrected chi connectivity index (χ3v) is 2.91. The SMILES string of the molecule is CCC(C)(CCO)NC(=O)c1ncccc1N. The Bertz CT molecular complexity index is 395. The van der Waals surface area contributed by atoms with Crippen molar-refractivity contribution in [2.75, 3.05) is 12.3 Å². The summed E-state index contributed by atoms with van der Waals surface area (Å²) in [5.41, 5.74) is 5.83. The fourth-order valence-corrected chi connectivity index (χ4v) is 1.52. The number of carbonyl (C=O) groups excluding carboxylic acids is 1. The number of nitrogens with one attached hydrogen (secondary N) is 1. The molecule has 5 nitrogen and oxygen atoms in total. The van der Waals surface area contributed by atoms with Gasteiger partial charge in [0.05, 0.1) is 5.69 Å². The number of carbonyl (C=O) groups is 1. The van der Waals surface area contributed by atoms with Crippen LogP contribution in [0.25, 0.3) is 0 Å². The minimum absolute atomic E-state index is 0.0301. The second-order valence-corrected chi connectivity index (χ2v) is 4.28. The van der Waals surface area contributed by atoms with Crippen LogP contribution in [0.1, 0.15) is 37.2 Å². The van der Waals surface area contributed by atoms with Crippen LogP contribution in [0.3, 0.4) is 0 Å². The van der Waals surface area contributed by atoms with Crippen LogP contribution in [0.4, 0.5) is 5.69 Å². The number of nitrogens with two attached hydrogens (primary N) is 1. The lowest BCUT2D eigenvalue weighted by atomic mass is 9.94. The fraction of sp³-hybridized carbons (Fsp3) is 0.500. The highest BCUT2D eigenvalue weighted by Crippen LogP contribution is 2.16. The van der Waals surface area contributed by atoms with Crippen molar-refractivity contribution >= 4 is 11.6 Å². The second kappa shape index (κ2) is 5.63. The van der Waals surface area contributed by atoms with Crippen LogP contribution >= 0.6 is 0 Å². The van der Waals surface area contributed by atoms with Crippen LogP contribution < -0.4 is 11.1 Å². The lowest BCUT2D eigenvalue weighted by Crippen LogP contribution is -2.46. The van der Waals surface area contributed by atoms with Crippen molar-refractivity contribution in [1.82, 2.24) is 10.3 Å². The van der Waals surface area contributed by atoms with Crippen LogP contribution in [-0.2, 0) is 0 Å². The Balaban J connectivity index is 2.82. The van der Waals surface area contributed by atoms with E-state index in [0.717, 1.165) is 6.42 Å². The van der Waals surface area contributed by atoms with Crippen molar-refractivity contribution in [2.24, 2.45) is 0 Å². The molecule has 0 radical (unpaired) electrons. The van der Waals surface area contributed by atoms with Crippen molar-refractivity contribution < 1.29 is 9.90 Å². The van der Waals surface area contributed by atoms with Gasteiger partial charge in [0.15, 0.2) is 5.69 Å². The van der Waals surface area contributed by atoms with Gasteiger partial charge < -0.3 is 16.2 Å². The molecule has 0 spiro atoms. The number of amides is 1. The average molecular weight is 237 g/mol. The fourth-order valence-electron chi connectivity index (χ4n) is 1.52. The molecule has 1 heterocycles.